The van der Waals surface area contributed by atoms with Gasteiger partial charge in [0.1, 0.15) is 0 Å². The average Bonchev–Trinajstić information content (AvgIpc) is 2.37. The van der Waals surface area contributed by atoms with Gasteiger partial charge in [-0.25, -0.2) is 4.98 Å². The van der Waals surface area contributed by atoms with Crippen LogP contribution in [-0.4, -0.2) is 35.1 Å². The molecule has 7 nitrogen and oxygen atoms in total. The largest absolute Gasteiger partial charge is 0.503 e. The fourth-order valence-corrected chi connectivity index (χ4v) is 1.21. The Morgan fingerprint density at radius 3 is 2.79 bits per heavy atom. The highest BCUT2D eigenvalue weighted by molar-refractivity contribution is 6.05. The first-order valence-corrected chi connectivity index (χ1v) is 5.80. The van der Waals surface area contributed by atoms with Gasteiger partial charge >= 0.3 is 0 Å². The van der Waals surface area contributed by atoms with Gasteiger partial charge in [0.15, 0.2) is 17.2 Å². The molecule has 2 amide bonds. The standard InChI is InChI=1S/C12H17N3O4/c1-7(2)6-19-8-3-4-14-10(11(8)17)12(18)15-9(16)5-13/h3-4,7,17H,5-6,13H2,1-2H3,(H,15,16,18). The Morgan fingerprint density at radius 1 is 1.53 bits per heavy atom. The van der Waals surface area contributed by atoms with Gasteiger partial charge in [-0.05, 0) is 5.92 Å². The lowest BCUT2D eigenvalue weighted by atomic mass is 10.2. The van der Waals surface area contributed by atoms with Crippen LogP contribution < -0.4 is 15.8 Å². The minimum atomic E-state index is -0.817. The first-order chi connectivity index (χ1) is 8.95. The molecule has 104 valence electrons. The van der Waals surface area contributed by atoms with E-state index in [0.717, 1.165) is 0 Å². The second-order valence-electron chi connectivity index (χ2n) is 4.29. The van der Waals surface area contributed by atoms with Crippen molar-refractivity contribution in [2.24, 2.45) is 11.7 Å². The molecule has 0 spiro atoms. The van der Waals surface area contributed by atoms with Crippen molar-refractivity contribution in [2.45, 2.75) is 13.8 Å². The van der Waals surface area contributed by atoms with Crippen molar-refractivity contribution in [3.05, 3.63) is 18.0 Å². The highest BCUT2D eigenvalue weighted by Crippen LogP contribution is 2.28. The Kier molecular flexibility index (Phi) is 5.25. The number of amides is 2. The minimum absolute atomic E-state index is 0.147. The SMILES string of the molecule is CC(C)COc1ccnc(C(=O)NC(=O)CN)c1O. The number of hydrogen-bond acceptors (Lipinski definition) is 6. The van der Waals surface area contributed by atoms with Crippen LogP contribution >= 0.6 is 0 Å². The normalized spacial score (nSPS) is 10.3. The molecule has 0 saturated heterocycles. The van der Waals surface area contributed by atoms with Gasteiger partial charge in [0, 0.05) is 12.3 Å². The van der Waals surface area contributed by atoms with Gasteiger partial charge in [0.2, 0.25) is 5.91 Å². The number of nitrogens with two attached hydrogens (primary N) is 1. The monoisotopic (exact) mass is 267 g/mol. The van der Waals surface area contributed by atoms with E-state index in [0.29, 0.717) is 6.61 Å². The Hall–Kier alpha value is -2.15. The van der Waals surface area contributed by atoms with Gasteiger partial charge in [-0.3, -0.25) is 14.9 Å². The van der Waals surface area contributed by atoms with Crippen molar-refractivity contribution in [3.63, 3.8) is 0 Å². The lowest BCUT2D eigenvalue weighted by molar-refractivity contribution is -0.118. The molecule has 1 rings (SSSR count). The second kappa shape index (κ2) is 6.69. The third-order valence-corrected chi connectivity index (χ3v) is 2.11. The van der Waals surface area contributed by atoms with Gasteiger partial charge in [0.25, 0.3) is 5.91 Å². The third-order valence-electron chi connectivity index (χ3n) is 2.11. The van der Waals surface area contributed by atoms with Gasteiger partial charge in [-0.1, -0.05) is 13.8 Å². The summed E-state index contributed by atoms with van der Waals surface area (Å²) in [6, 6.07) is 1.44. The Labute approximate surface area is 110 Å². The van der Waals surface area contributed by atoms with Crippen LogP contribution in [-0.2, 0) is 4.79 Å². The quantitative estimate of drug-likeness (QED) is 0.693. The molecule has 0 aromatic carbocycles. The maximum absolute atomic E-state index is 11.7. The smallest absolute Gasteiger partial charge is 0.280 e. The van der Waals surface area contributed by atoms with Crippen LogP contribution in [0.5, 0.6) is 11.5 Å². The van der Waals surface area contributed by atoms with Crippen LogP contribution in [0, 0.1) is 5.92 Å². The predicted molar refractivity (Wildman–Crippen MR) is 67.8 cm³/mol. The van der Waals surface area contributed by atoms with Crippen molar-refractivity contribution < 1.29 is 19.4 Å². The maximum atomic E-state index is 11.7. The molecule has 7 heteroatoms. The van der Waals surface area contributed by atoms with E-state index in [4.69, 9.17) is 10.5 Å². The van der Waals surface area contributed by atoms with Crippen molar-refractivity contribution in [3.8, 4) is 11.5 Å². The van der Waals surface area contributed by atoms with Gasteiger partial charge in [-0.2, -0.15) is 0 Å². The van der Waals surface area contributed by atoms with Crippen molar-refractivity contribution in [1.82, 2.24) is 10.3 Å². The molecule has 19 heavy (non-hydrogen) atoms. The van der Waals surface area contributed by atoms with Crippen molar-refractivity contribution >= 4 is 11.8 Å². The fourth-order valence-electron chi connectivity index (χ4n) is 1.21. The molecule has 1 aromatic rings. The number of carbonyl (C=O) groups excluding carboxylic acids is 2. The number of ether oxygens (including phenoxy) is 1. The molecule has 0 saturated carbocycles. The number of carbonyl (C=O) groups is 2. The predicted octanol–water partition coefficient (Wildman–Crippen LogP) is 0.0371. The summed E-state index contributed by atoms with van der Waals surface area (Å²) in [6.07, 6.45) is 1.32. The molecule has 1 aromatic heterocycles. The Bertz CT molecular complexity index is 474. The Balaban J connectivity index is 2.87. The minimum Gasteiger partial charge on any atom is -0.503 e. The highest BCUT2D eigenvalue weighted by atomic mass is 16.5. The van der Waals surface area contributed by atoms with E-state index >= 15 is 0 Å². The summed E-state index contributed by atoms with van der Waals surface area (Å²) >= 11 is 0. The third kappa shape index (κ3) is 4.22. The van der Waals surface area contributed by atoms with E-state index in [9.17, 15) is 14.7 Å². The summed E-state index contributed by atoms with van der Waals surface area (Å²) in [6.45, 7) is 3.97. The summed E-state index contributed by atoms with van der Waals surface area (Å²) in [5.74, 6) is -1.45. The summed E-state index contributed by atoms with van der Waals surface area (Å²) in [7, 11) is 0. The average molecular weight is 267 g/mol. The van der Waals surface area contributed by atoms with E-state index in [1.165, 1.54) is 12.3 Å². The number of imide groups is 1. The highest BCUT2D eigenvalue weighted by Gasteiger charge is 2.18. The summed E-state index contributed by atoms with van der Waals surface area (Å²) in [5, 5.41) is 11.9. The van der Waals surface area contributed by atoms with Crippen LogP contribution in [0.1, 0.15) is 24.3 Å². The number of rotatable bonds is 5. The molecule has 0 radical (unpaired) electrons. The zero-order valence-corrected chi connectivity index (χ0v) is 10.8. The molecule has 0 aliphatic carbocycles. The second-order valence-corrected chi connectivity index (χ2v) is 4.29. The molecule has 0 unspecified atom stereocenters. The van der Waals surface area contributed by atoms with Crippen LogP contribution in [0.25, 0.3) is 0 Å². The zero-order chi connectivity index (χ0) is 14.4. The van der Waals surface area contributed by atoms with Gasteiger partial charge in [-0.15, -0.1) is 0 Å². The maximum Gasteiger partial charge on any atom is 0.280 e. The molecule has 4 N–H and O–H groups in total. The lowest BCUT2D eigenvalue weighted by Crippen LogP contribution is -2.35. The topological polar surface area (TPSA) is 115 Å². The van der Waals surface area contributed by atoms with E-state index in [1.807, 2.05) is 19.2 Å². The molecule has 1 heterocycles. The molecule has 0 aliphatic rings. The number of aromatic nitrogens is 1. The Morgan fingerprint density at radius 2 is 2.21 bits per heavy atom. The lowest BCUT2D eigenvalue weighted by Gasteiger charge is -2.11. The van der Waals surface area contributed by atoms with Crippen molar-refractivity contribution in [2.75, 3.05) is 13.2 Å². The first kappa shape index (κ1) is 14.9. The van der Waals surface area contributed by atoms with E-state index in [-0.39, 0.29) is 23.9 Å². The molecular formula is C12H17N3O4. The molecule has 0 bridgehead atoms. The molecule has 0 atom stereocenters. The van der Waals surface area contributed by atoms with Crippen molar-refractivity contribution in [1.29, 1.82) is 0 Å². The number of nitrogens with one attached hydrogen (secondary N) is 1. The molecule has 0 aliphatic heterocycles. The van der Waals surface area contributed by atoms with Crippen LogP contribution in [0.15, 0.2) is 12.3 Å². The number of hydrogen-bond donors (Lipinski definition) is 3. The van der Waals surface area contributed by atoms with E-state index < -0.39 is 17.6 Å². The van der Waals surface area contributed by atoms with E-state index in [1.54, 1.807) is 0 Å². The molecular weight excluding hydrogens is 250 g/mol. The first-order valence-electron chi connectivity index (χ1n) is 5.80. The summed E-state index contributed by atoms with van der Waals surface area (Å²) < 4.78 is 5.34. The number of pyridine rings is 1. The van der Waals surface area contributed by atoms with Crippen LogP contribution in [0.4, 0.5) is 0 Å². The molecule has 0 fully saturated rings. The summed E-state index contributed by atoms with van der Waals surface area (Å²) in [4.78, 5) is 26.4. The number of aromatic hydroxyl groups is 1. The number of nitrogens with zero attached hydrogens (tertiary/aromatic N) is 1. The van der Waals surface area contributed by atoms with Gasteiger partial charge < -0.3 is 15.6 Å². The van der Waals surface area contributed by atoms with Gasteiger partial charge in [0.05, 0.1) is 13.2 Å². The van der Waals surface area contributed by atoms with Crippen LogP contribution in [0.2, 0.25) is 0 Å². The summed E-state index contributed by atoms with van der Waals surface area (Å²) in [5.41, 5.74) is 4.80. The van der Waals surface area contributed by atoms with Crippen LogP contribution in [0.3, 0.4) is 0 Å². The zero-order valence-electron chi connectivity index (χ0n) is 10.8. The fraction of sp³-hybridized carbons (Fsp3) is 0.417. The van der Waals surface area contributed by atoms with E-state index in [2.05, 4.69) is 4.98 Å².